The van der Waals surface area contributed by atoms with Gasteiger partial charge in [-0.2, -0.15) is 14.0 Å². The molecule has 12 heteroatoms. The van der Waals surface area contributed by atoms with Crippen molar-refractivity contribution >= 4 is 21.8 Å². The Labute approximate surface area is 172 Å². The number of nitrogens with two attached hydrogens (primary N) is 1. The molecule has 3 amide bonds. The van der Waals surface area contributed by atoms with Crippen LogP contribution in [0.15, 0.2) is 24.3 Å². The van der Waals surface area contributed by atoms with Crippen LogP contribution < -0.4 is 15.8 Å². The Bertz CT molecular complexity index is 925. The van der Waals surface area contributed by atoms with Crippen LogP contribution in [0.2, 0.25) is 0 Å². The van der Waals surface area contributed by atoms with Gasteiger partial charge in [0.15, 0.2) is 9.84 Å². The van der Waals surface area contributed by atoms with Crippen LogP contribution in [0.5, 0.6) is 5.75 Å². The van der Waals surface area contributed by atoms with Gasteiger partial charge >= 0.3 is 12.6 Å². The molecule has 0 radical (unpaired) electrons. The van der Waals surface area contributed by atoms with Crippen LogP contribution in [0.1, 0.15) is 24.8 Å². The summed E-state index contributed by atoms with van der Waals surface area (Å²) in [4.78, 5) is 24.8. The van der Waals surface area contributed by atoms with E-state index in [1.54, 1.807) is 0 Å². The molecule has 0 saturated carbocycles. The molecule has 0 aromatic heterocycles. The quantitative estimate of drug-likeness (QED) is 0.616. The summed E-state index contributed by atoms with van der Waals surface area (Å²) in [7, 11) is -3.81. The molecule has 1 saturated heterocycles. The summed E-state index contributed by atoms with van der Waals surface area (Å²) in [6.45, 7) is -2.70. The van der Waals surface area contributed by atoms with Crippen molar-refractivity contribution in [1.29, 1.82) is 5.26 Å². The number of alkyl halides is 2. The summed E-state index contributed by atoms with van der Waals surface area (Å²) >= 11 is 0. The predicted molar refractivity (Wildman–Crippen MR) is 102 cm³/mol. The van der Waals surface area contributed by atoms with E-state index in [1.165, 1.54) is 29.2 Å². The summed E-state index contributed by atoms with van der Waals surface area (Å²) in [5.41, 5.74) is 4.05. The zero-order valence-electron chi connectivity index (χ0n) is 16.0. The lowest BCUT2D eigenvalue weighted by atomic mass is 9.89. The van der Waals surface area contributed by atoms with Gasteiger partial charge in [0.05, 0.1) is 17.6 Å². The van der Waals surface area contributed by atoms with Crippen molar-refractivity contribution < 1.29 is 31.5 Å². The number of nitrogens with one attached hydrogen (secondary N) is 1. The van der Waals surface area contributed by atoms with E-state index in [1.807, 2.05) is 6.07 Å². The second kappa shape index (κ2) is 9.71. The average molecular weight is 444 g/mol. The number of sulfone groups is 1. The molecule has 164 valence electrons. The minimum absolute atomic E-state index is 0.0607. The second-order valence-corrected chi connectivity index (χ2v) is 9.08. The Morgan fingerprint density at radius 1 is 1.30 bits per heavy atom. The van der Waals surface area contributed by atoms with Crippen molar-refractivity contribution in [2.45, 2.75) is 37.2 Å². The van der Waals surface area contributed by atoms with E-state index >= 15 is 0 Å². The summed E-state index contributed by atoms with van der Waals surface area (Å²) < 4.78 is 54.0. The number of nitrogens with zero attached hydrogens (tertiary/aromatic N) is 2. The van der Waals surface area contributed by atoms with E-state index in [4.69, 9.17) is 5.73 Å². The standard InChI is InChI=1S/C18H22F2N4O5S/c19-16(20)29-14-4-2-1-3-13(14)11-30(27,28)10-5-15(25)23-18(12-21)6-8-24(9-7-18)17(22)26/h1-4,16H,5-11H2,(H2,22,26)(H,23,25). The van der Waals surface area contributed by atoms with Crippen LogP contribution in [0.25, 0.3) is 0 Å². The highest BCUT2D eigenvalue weighted by atomic mass is 32.2. The van der Waals surface area contributed by atoms with Crippen molar-refractivity contribution in [3.8, 4) is 11.8 Å². The summed E-state index contributed by atoms with van der Waals surface area (Å²) in [6.07, 6.45) is -0.0598. The van der Waals surface area contributed by atoms with Gasteiger partial charge < -0.3 is 20.7 Å². The smallest absolute Gasteiger partial charge is 0.387 e. The Kier molecular flexibility index (Phi) is 7.55. The van der Waals surface area contributed by atoms with E-state index in [9.17, 15) is 32.0 Å². The maximum atomic E-state index is 12.5. The topological polar surface area (TPSA) is 143 Å². The van der Waals surface area contributed by atoms with Gasteiger partial charge in [0, 0.05) is 37.9 Å². The monoisotopic (exact) mass is 444 g/mol. The largest absolute Gasteiger partial charge is 0.435 e. The SMILES string of the molecule is N#CC1(NC(=O)CCS(=O)(=O)Cc2ccccc2OC(F)F)CCN(C(N)=O)CC1. The van der Waals surface area contributed by atoms with Crippen molar-refractivity contribution in [3.63, 3.8) is 0 Å². The van der Waals surface area contributed by atoms with Crippen molar-refractivity contribution in [3.05, 3.63) is 29.8 Å². The number of carbonyl (C=O) groups is 2. The average Bonchev–Trinajstić information content (AvgIpc) is 2.68. The third-order valence-electron chi connectivity index (χ3n) is 4.73. The number of amides is 3. The molecule has 0 atom stereocenters. The first-order chi connectivity index (χ1) is 14.1. The van der Waals surface area contributed by atoms with Gasteiger partial charge in [-0.05, 0) is 6.07 Å². The molecule has 0 unspecified atom stereocenters. The molecule has 1 aromatic rings. The first kappa shape index (κ1) is 23.3. The Balaban J connectivity index is 1.94. The van der Waals surface area contributed by atoms with E-state index in [0.717, 1.165) is 0 Å². The maximum absolute atomic E-state index is 12.5. The summed E-state index contributed by atoms with van der Waals surface area (Å²) in [5, 5.41) is 12.0. The molecule has 1 aliphatic heterocycles. The molecule has 30 heavy (non-hydrogen) atoms. The van der Waals surface area contributed by atoms with E-state index in [0.29, 0.717) is 0 Å². The van der Waals surface area contributed by atoms with Gasteiger partial charge in [0.2, 0.25) is 5.91 Å². The molecular weight excluding hydrogens is 422 g/mol. The minimum atomic E-state index is -3.81. The van der Waals surface area contributed by atoms with Crippen molar-refractivity contribution in [2.24, 2.45) is 5.73 Å². The Morgan fingerprint density at radius 2 is 1.93 bits per heavy atom. The molecule has 3 N–H and O–H groups in total. The lowest BCUT2D eigenvalue weighted by Crippen LogP contribution is -2.56. The molecule has 9 nitrogen and oxygen atoms in total. The number of likely N-dealkylation sites (tertiary alicyclic amines) is 1. The van der Waals surface area contributed by atoms with E-state index < -0.39 is 51.9 Å². The number of hydrogen-bond acceptors (Lipinski definition) is 6. The lowest BCUT2D eigenvalue weighted by molar-refractivity contribution is -0.122. The van der Waals surface area contributed by atoms with Gasteiger partial charge in [-0.25, -0.2) is 13.2 Å². The Hall–Kier alpha value is -2.94. The van der Waals surface area contributed by atoms with Crippen molar-refractivity contribution in [1.82, 2.24) is 10.2 Å². The fourth-order valence-electron chi connectivity index (χ4n) is 3.09. The highest BCUT2D eigenvalue weighted by Crippen LogP contribution is 2.24. The molecule has 0 spiro atoms. The van der Waals surface area contributed by atoms with Crippen LogP contribution >= 0.6 is 0 Å². The Morgan fingerprint density at radius 3 is 2.50 bits per heavy atom. The zero-order chi connectivity index (χ0) is 22.4. The number of urea groups is 1. The third-order valence-corrected chi connectivity index (χ3v) is 6.30. The summed E-state index contributed by atoms with van der Waals surface area (Å²) in [6, 6.07) is 6.92. The first-order valence-corrected chi connectivity index (χ1v) is 10.9. The van der Waals surface area contributed by atoms with Gasteiger partial charge in [0.25, 0.3) is 0 Å². The number of nitriles is 1. The first-order valence-electron chi connectivity index (χ1n) is 9.06. The van der Waals surface area contributed by atoms with Crippen LogP contribution in [-0.4, -0.2) is 56.2 Å². The molecule has 1 aromatic carbocycles. The highest BCUT2D eigenvalue weighted by molar-refractivity contribution is 7.90. The fraction of sp³-hybridized carbons (Fsp3) is 0.500. The van der Waals surface area contributed by atoms with Gasteiger partial charge in [0.1, 0.15) is 11.3 Å². The normalized spacial score (nSPS) is 16.0. The van der Waals surface area contributed by atoms with Gasteiger partial charge in [-0.15, -0.1) is 0 Å². The number of para-hydroxylation sites is 1. The number of benzene rings is 1. The minimum Gasteiger partial charge on any atom is -0.435 e. The molecule has 0 bridgehead atoms. The maximum Gasteiger partial charge on any atom is 0.387 e. The van der Waals surface area contributed by atoms with Gasteiger partial charge in [-0.3, -0.25) is 4.79 Å². The third kappa shape index (κ3) is 6.55. The number of carbonyl (C=O) groups excluding carboxylic acids is 2. The predicted octanol–water partition coefficient (Wildman–Crippen LogP) is 1.15. The number of ether oxygens (including phenoxy) is 1. The second-order valence-electron chi connectivity index (χ2n) is 6.90. The zero-order valence-corrected chi connectivity index (χ0v) is 16.8. The van der Waals surface area contributed by atoms with Crippen LogP contribution in [-0.2, 0) is 20.4 Å². The van der Waals surface area contributed by atoms with E-state index in [2.05, 4.69) is 10.1 Å². The molecular formula is C18H22F2N4O5S. The molecule has 2 rings (SSSR count). The van der Waals surface area contributed by atoms with Crippen LogP contribution in [0, 0.1) is 11.3 Å². The lowest BCUT2D eigenvalue weighted by Gasteiger charge is -2.36. The number of rotatable bonds is 8. The van der Waals surface area contributed by atoms with Crippen LogP contribution in [0.4, 0.5) is 13.6 Å². The fourth-order valence-corrected chi connectivity index (χ4v) is 4.45. The van der Waals surface area contributed by atoms with Crippen LogP contribution in [0.3, 0.4) is 0 Å². The van der Waals surface area contributed by atoms with Crippen molar-refractivity contribution in [2.75, 3.05) is 18.8 Å². The molecule has 1 aliphatic rings. The van der Waals surface area contributed by atoms with E-state index in [-0.39, 0.29) is 37.2 Å². The highest BCUT2D eigenvalue weighted by Gasteiger charge is 2.37. The summed E-state index contributed by atoms with van der Waals surface area (Å²) in [5.74, 6) is -1.98. The number of primary amides is 1. The molecule has 1 heterocycles. The molecule has 0 aliphatic carbocycles. The molecule has 1 fully saturated rings. The number of hydrogen-bond donors (Lipinski definition) is 2. The van der Waals surface area contributed by atoms with Gasteiger partial charge in [-0.1, -0.05) is 18.2 Å². The number of halogens is 2. The number of piperidine rings is 1.